The van der Waals surface area contributed by atoms with Crippen molar-refractivity contribution in [1.29, 1.82) is 0 Å². The fourth-order valence-corrected chi connectivity index (χ4v) is 3.82. The van der Waals surface area contributed by atoms with Gasteiger partial charge in [0, 0.05) is 38.8 Å². The minimum Gasteiger partial charge on any atom is -0.497 e. The summed E-state index contributed by atoms with van der Waals surface area (Å²) in [5.74, 6) is 1.17. The third-order valence-electron chi connectivity index (χ3n) is 5.57. The highest BCUT2D eigenvalue weighted by molar-refractivity contribution is 5.79. The number of hydrogen-bond acceptors (Lipinski definition) is 6. The van der Waals surface area contributed by atoms with Gasteiger partial charge in [-0.2, -0.15) is 0 Å². The Labute approximate surface area is 174 Å². The molecular weight excluding hydrogens is 382 g/mol. The van der Waals surface area contributed by atoms with Crippen molar-refractivity contribution in [2.45, 2.75) is 19.4 Å². The fraction of sp³-hybridized carbons (Fsp3) is 0.364. The molecule has 8 heteroatoms. The molecule has 30 heavy (non-hydrogen) atoms. The third-order valence-corrected chi connectivity index (χ3v) is 5.57. The van der Waals surface area contributed by atoms with Crippen LogP contribution in [0.15, 0.2) is 47.4 Å². The number of pyridine rings is 1. The van der Waals surface area contributed by atoms with Crippen LogP contribution in [0, 0.1) is 5.92 Å². The van der Waals surface area contributed by atoms with Gasteiger partial charge in [0.05, 0.1) is 7.11 Å². The maximum Gasteiger partial charge on any atom is 0.294 e. The number of carbonyl (C=O) groups excluding carboxylic acids is 1. The molecule has 0 atom stereocenters. The number of aromatic nitrogens is 3. The van der Waals surface area contributed by atoms with Gasteiger partial charge in [0.1, 0.15) is 11.3 Å². The Hall–Kier alpha value is -3.42. The van der Waals surface area contributed by atoms with E-state index in [9.17, 15) is 9.59 Å². The highest BCUT2D eigenvalue weighted by atomic mass is 16.5. The number of rotatable bonds is 5. The first-order chi connectivity index (χ1) is 14.6. The smallest absolute Gasteiger partial charge is 0.294 e. The monoisotopic (exact) mass is 407 g/mol. The molecule has 0 aliphatic carbocycles. The lowest BCUT2D eigenvalue weighted by molar-refractivity contribution is -0.125. The van der Waals surface area contributed by atoms with Crippen molar-refractivity contribution in [1.82, 2.24) is 19.9 Å². The molecule has 0 unspecified atom stereocenters. The first kappa shape index (κ1) is 19.9. The average molecular weight is 407 g/mol. The highest BCUT2D eigenvalue weighted by Crippen LogP contribution is 2.21. The van der Waals surface area contributed by atoms with Gasteiger partial charge in [-0.3, -0.25) is 14.2 Å². The number of aryl methyl sites for hydroxylation is 1. The summed E-state index contributed by atoms with van der Waals surface area (Å²) in [4.78, 5) is 36.1. The normalized spacial score (nSPS) is 14.7. The van der Waals surface area contributed by atoms with Crippen molar-refractivity contribution in [3.63, 3.8) is 0 Å². The van der Waals surface area contributed by atoms with Crippen molar-refractivity contribution < 1.29 is 9.53 Å². The average Bonchev–Trinajstić information content (AvgIpc) is 2.80. The summed E-state index contributed by atoms with van der Waals surface area (Å²) in [6.45, 7) is 1.70. The van der Waals surface area contributed by atoms with E-state index in [4.69, 9.17) is 4.74 Å². The topological polar surface area (TPSA) is 89.3 Å². The zero-order chi connectivity index (χ0) is 21.1. The lowest BCUT2D eigenvalue weighted by Gasteiger charge is -2.31. The van der Waals surface area contributed by atoms with E-state index in [0.29, 0.717) is 49.5 Å². The number of benzene rings is 1. The zero-order valence-corrected chi connectivity index (χ0v) is 17.2. The van der Waals surface area contributed by atoms with Gasteiger partial charge in [-0.15, -0.1) is 0 Å². The molecule has 156 valence electrons. The second kappa shape index (κ2) is 8.52. The van der Waals surface area contributed by atoms with E-state index < -0.39 is 0 Å². The maximum atomic E-state index is 12.7. The van der Waals surface area contributed by atoms with Gasteiger partial charge in [0.2, 0.25) is 5.91 Å². The molecule has 4 rings (SSSR count). The lowest BCUT2D eigenvalue weighted by atomic mass is 9.96. The molecule has 2 aromatic heterocycles. The van der Waals surface area contributed by atoms with E-state index in [0.717, 1.165) is 11.3 Å². The van der Waals surface area contributed by atoms with Gasteiger partial charge < -0.3 is 15.0 Å². The summed E-state index contributed by atoms with van der Waals surface area (Å²) < 4.78 is 6.75. The highest BCUT2D eigenvalue weighted by Gasteiger charge is 2.27. The summed E-state index contributed by atoms with van der Waals surface area (Å²) in [5.41, 5.74) is 2.09. The van der Waals surface area contributed by atoms with Crippen LogP contribution in [0.4, 0.5) is 5.82 Å². The molecule has 1 aliphatic rings. The molecule has 0 spiro atoms. The third kappa shape index (κ3) is 3.98. The molecule has 0 saturated carbocycles. The van der Waals surface area contributed by atoms with Gasteiger partial charge in [-0.1, -0.05) is 12.1 Å². The molecule has 1 fully saturated rings. The van der Waals surface area contributed by atoms with E-state index in [1.807, 2.05) is 41.3 Å². The van der Waals surface area contributed by atoms with Gasteiger partial charge in [0.15, 0.2) is 11.5 Å². The Balaban J connectivity index is 1.39. The molecule has 3 heterocycles. The Bertz CT molecular complexity index is 1120. The van der Waals surface area contributed by atoms with E-state index in [1.54, 1.807) is 20.4 Å². The maximum absolute atomic E-state index is 12.7. The van der Waals surface area contributed by atoms with E-state index in [-0.39, 0.29) is 17.4 Å². The van der Waals surface area contributed by atoms with Crippen LogP contribution >= 0.6 is 0 Å². The number of hydrogen-bond donors (Lipinski definition) is 1. The van der Waals surface area contributed by atoms with Crippen LogP contribution in [0.2, 0.25) is 0 Å². The molecule has 1 aliphatic heterocycles. The van der Waals surface area contributed by atoms with Crippen LogP contribution in [0.3, 0.4) is 0 Å². The fourth-order valence-electron chi connectivity index (χ4n) is 3.82. The van der Waals surface area contributed by atoms with Gasteiger partial charge in [-0.05, 0) is 42.7 Å². The SMILES string of the molecule is COc1cccc(CNC(=O)C2CCN(c3nc4cccnc4n(C)c3=O)CC2)c1. The molecule has 1 amide bonds. The molecule has 1 saturated heterocycles. The number of amides is 1. The van der Waals surface area contributed by atoms with Crippen LogP contribution in [0.25, 0.3) is 11.2 Å². The summed E-state index contributed by atoms with van der Waals surface area (Å²) >= 11 is 0. The van der Waals surface area contributed by atoms with E-state index >= 15 is 0 Å². The van der Waals surface area contributed by atoms with Crippen molar-refractivity contribution in [2.24, 2.45) is 13.0 Å². The summed E-state index contributed by atoms with van der Waals surface area (Å²) in [6.07, 6.45) is 3.01. The standard InChI is InChI=1S/C22H25N5O3/c1-26-19-18(7-4-10-23-19)25-20(22(26)29)27-11-8-16(9-12-27)21(28)24-14-15-5-3-6-17(13-15)30-2/h3-7,10,13,16H,8-9,11-12,14H2,1-2H3,(H,24,28). The number of anilines is 1. The molecule has 3 aromatic rings. The Kier molecular flexibility index (Phi) is 5.65. The second-order valence-corrected chi connectivity index (χ2v) is 7.48. The summed E-state index contributed by atoms with van der Waals surface area (Å²) in [6, 6.07) is 11.3. The van der Waals surface area contributed by atoms with Crippen molar-refractivity contribution in [3.05, 3.63) is 58.5 Å². The predicted octanol–water partition coefficient (Wildman–Crippen LogP) is 1.87. The largest absolute Gasteiger partial charge is 0.497 e. The predicted molar refractivity (Wildman–Crippen MR) is 115 cm³/mol. The number of piperidine rings is 1. The number of carbonyl (C=O) groups is 1. The number of nitrogens with one attached hydrogen (secondary N) is 1. The number of fused-ring (bicyclic) bond motifs is 1. The van der Waals surface area contributed by atoms with Crippen LogP contribution in [-0.2, 0) is 18.4 Å². The van der Waals surface area contributed by atoms with Crippen molar-refractivity contribution >= 4 is 22.9 Å². The molecule has 1 N–H and O–H groups in total. The van der Waals surface area contributed by atoms with Crippen LogP contribution in [0.1, 0.15) is 18.4 Å². The lowest BCUT2D eigenvalue weighted by Crippen LogP contribution is -2.43. The number of nitrogens with zero attached hydrogens (tertiary/aromatic N) is 4. The molecular formula is C22H25N5O3. The Morgan fingerprint density at radius 3 is 2.80 bits per heavy atom. The number of methoxy groups -OCH3 is 1. The Morgan fingerprint density at radius 1 is 1.23 bits per heavy atom. The number of ether oxygens (including phenoxy) is 1. The van der Waals surface area contributed by atoms with Crippen LogP contribution in [0.5, 0.6) is 5.75 Å². The van der Waals surface area contributed by atoms with Crippen LogP contribution < -0.4 is 20.5 Å². The second-order valence-electron chi connectivity index (χ2n) is 7.48. The molecule has 1 aromatic carbocycles. The first-order valence-corrected chi connectivity index (χ1v) is 10.0. The van der Waals surface area contributed by atoms with Gasteiger partial charge in [0.25, 0.3) is 5.56 Å². The Morgan fingerprint density at radius 2 is 2.03 bits per heavy atom. The minimum absolute atomic E-state index is 0.0426. The minimum atomic E-state index is -0.165. The molecule has 0 bridgehead atoms. The van der Waals surface area contributed by atoms with Crippen molar-refractivity contribution in [3.8, 4) is 5.75 Å². The van der Waals surface area contributed by atoms with Gasteiger partial charge in [-0.25, -0.2) is 9.97 Å². The molecule has 8 nitrogen and oxygen atoms in total. The van der Waals surface area contributed by atoms with Crippen molar-refractivity contribution in [2.75, 3.05) is 25.1 Å². The first-order valence-electron chi connectivity index (χ1n) is 10.0. The summed E-state index contributed by atoms with van der Waals surface area (Å²) in [7, 11) is 3.33. The van der Waals surface area contributed by atoms with E-state index in [2.05, 4.69) is 15.3 Å². The van der Waals surface area contributed by atoms with E-state index in [1.165, 1.54) is 4.57 Å². The van der Waals surface area contributed by atoms with Gasteiger partial charge >= 0.3 is 0 Å². The van der Waals surface area contributed by atoms with Crippen LogP contribution in [-0.4, -0.2) is 40.6 Å². The zero-order valence-electron chi connectivity index (χ0n) is 17.2. The molecule has 0 radical (unpaired) electrons. The quantitative estimate of drug-likeness (QED) is 0.695. The summed E-state index contributed by atoms with van der Waals surface area (Å²) in [5, 5.41) is 3.02.